The first-order valence-electron chi connectivity index (χ1n) is 4.73. The highest BCUT2D eigenvalue weighted by Crippen LogP contribution is 2.23. The molecule has 1 aromatic carbocycles. The van der Waals surface area contributed by atoms with Crippen LogP contribution in [0, 0.1) is 17.0 Å². The van der Waals surface area contributed by atoms with Gasteiger partial charge >= 0.3 is 0 Å². The number of allylic oxidation sites excluding steroid dienone is 2. The van der Waals surface area contributed by atoms with Gasteiger partial charge in [-0.25, -0.2) is 8.78 Å². The lowest BCUT2D eigenvalue weighted by atomic mass is 10.1. The second kappa shape index (κ2) is 5.80. The van der Waals surface area contributed by atoms with Gasteiger partial charge in [-0.1, -0.05) is 12.2 Å². The van der Waals surface area contributed by atoms with Crippen LogP contribution in [0.5, 0.6) is 0 Å². The number of hydrogen-bond donors (Lipinski definition) is 2. The fraction of sp³-hybridized carbons (Fsp3) is 0.0833. The zero-order valence-corrected chi connectivity index (χ0v) is 8.80. The minimum absolute atomic E-state index is 0.192. The van der Waals surface area contributed by atoms with Gasteiger partial charge < -0.3 is 10.7 Å². The Labute approximate surface area is 92.8 Å². The second-order valence-corrected chi connectivity index (χ2v) is 3.02. The Morgan fingerprint density at radius 2 is 2.06 bits per heavy atom. The lowest BCUT2D eigenvalue weighted by molar-refractivity contribution is 0.585. The first-order valence-corrected chi connectivity index (χ1v) is 4.73. The highest BCUT2D eigenvalue weighted by molar-refractivity contribution is 5.71. The van der Waals surface area contributed by atoms with Crippen molar-refractivity contribution in [2.24, 2.45) is 0 Å². The fourth-order valence-corrected chi connectivity index (χ4v) is 1.24. The van der Waals surface area contributed by atoms with E-state index in [-0.39, 0.29) is 5.69 Å². The number of halogens is 2. The van der Waals surface area contributed by atoms with Crippen LogP contribution in [-0.4, -0.2) is 6.21 Å². The van der Waals surface area contributed by atoms with E-state index in [1.807, 2.05) is 0 Å². The summed E-state index contributed by atoms with van der Waals surface area (Å²) in [4.78, 5) is 0. The second-order valence-electron chi connectivity index (χ2n) is 3.02. The monoisotopic (exact) mass is 222 g/mol. The van der Waals surface area contributed by atoms with Crippen molar-refractivity contribution in [3.05, 3.63) is 47.7 Å². The summed E-state index contributed by atoms with van der Waals surface area (Å²) in [5, 5.41) is 9.44. The van der Waals surface area contributed by atoms with Crippen molar-refractivity contribution in [1.29, 1.82) is 5.41 Å². The average Bonchev–Trinajstić information content (AvgIpc) is 2.22. The minimum atomic E-state index is -0.664. The molecule has 16 heavy (non-hydrogen) atoms. The summed E-state index contributed by atoms with van der Waals surface area (Å²) in [6.45, 7) is 1.76. The van der Waals surface area contributed by atoms with E-state index in [1.54, 1.807) is 19.1 Å². The summed E-state index contributed by atoms with van der Waals surface area (Å²) in [6, 6.07) is 2.05. The van der Waals surface area contributed by atoms with Crippen LogP contribution in [0.3, 0.4) is 0 Å². The molecule has 84 valence electrons. The molecule has 4 heteroatoms. The maximum absolute atomic E-state index is 13.4. The first-order chi connectivity index (χ1) is 7.69. The van der Waals surface area contributed by atoms with Crippen LogP contribution >= 0.6 is 0 Å². The Hall–Kier alpha value is -1.97. The third kappa shape index (κ3) is 3.02. The van der Waals surface area contributed by atoms with E-state index in [4.69, 9.17) is 5.41 Å². The number of anilines is 1. The molecule has 0 bridgehead atoms. The van der Waals surface area contributed by atoms with E-state index in [2.05, 4.69) is 5.32 Å². The van der Waals surface area contributed by atoms with Crippen LogP contribution < -0.4 is 5.32 Å². The van der Waals surface area contributed by atoms with Crippen LogP contribution in [0.15, 0.2) is 30.5 Å². The molecule has 2 N–H and O–H groups in total. The van der Waals surface area contributed by atoms with Crippen LogP contribution in [0.1, 0.15) is 12.5 Å². The zero-order valence-electron chi connectivity index (χ0n) is 8.80. The van der Waals surface area contributed by atoms with Gasteiger partial charge in [0.2, 0.25) is 0 Å². The fourth-order valence-electron chi connectivity index (χ4n) is 1.24. The molecule has 0 aliphatic heterocycles. The number of rotatable bonds is 4. The average molecular weight is 222 g/mol. The van der Waals surface area contributed by atoms with Gasteiger partial charge in [0.1, 0.15) is 11.6 Å². The summed E-state index contributed by atoms with van der Waals surface area (Å²) in [5.41, 5.74) is 0.618. The smallest absolute Gasteiger partial charge is 0.150 e. The van der Waals surface area contributed by atoms with E-state index in [0.29, 0.717) is 5.56 Å². The van der Waals surface area contributed by atoms with E-state index < -0.39 is 11.6 Å². The molecule has 2 nitrogen and oxygen atoms in total. The number of hydrogen-bond acceptors (Lipinski definition) is 2. The SMILES string of the molecule is C/C=C\c1cc(F)cc(F)c1N/C=C\C=N. The molecular weight excluding hydrogens is 210 g/mol. The highest BCUT2D eigenvalue weighted by atomic mass is 19.1. The third-order valence-electron chi connectivity index (χ3n) is 1.85. The third-order valence-corrected chi connectivity index (χ3v) is 1.85. The summed E-state index contributed by atoms with van der Waals surface area (Å²) in [5.74, 6) is -1.28. The van der Waals surface area contributed by atoms with Crippen molar-refractivity contribution < 1.29 is 8.78 Å². The van der Waals surface area contributed by atoms with E-state index in [9.17, 15) is 8.78 Å². The largest absolute Gasteiger partial charge is 0.359 e. The molecule has 0 amide bonds. The molecule has 0 fully saturated rings. The maximum Gasteiger partial charge on any atom is 0.150 e. The molecule has 0 saturated carbocycles. The number of benzene rings is 1. The van der Waals surface area contributed by atoms with E-state index in [1.165, 1.54) is 18.3 Å². The Bertz CT molecular complexity index is 437. The Kier molecular flexibility index (Phi) is 4.39. The summed E-state index contributed by atoms with van der Waals surface area (Å²) < 4.78 is 26.4. The molecule has 0 aliphatic rings. The van der Waals surface area contributed by atoms with Gasteiger partial charge in [0.25, 0.3) is 0 Å². The van der Waals surface area contributed by atoms with Gasteiger partial charge in [-0.2, -0.15) is 0 Å². The summed E-state index contributed by atoms with van der Waals surface area (Å²) in [6.07, 6.45) is 7.18. The van der Waals surface area contributed by atoms with Crippen molar-refractivity contribution in [3.8, 4) is 0 Å². The maximum atomic E-state index is 13.4. The van der Waals surface area contributed by atoms with Gasteiger partial charge in [0, 0.05) is 24.0 Å². The molecule has 0 heterocycles. The van der Waals surface area contributed by atoms with Gasteiger partial charge in [-0.05, 0) is 19.1 Å². The van der Waals surface area contributed by atoms with Crippen LogP contribution in [0.2, 0.25) is 0 Å². The van der Waals surface area contributed by atoms with Crippen molar-refractivity contribution in [3.63, 3.8) is 0 Å². The molecule has 1 aromatic rings. The van der Waals surface area contributed by atoms with Crippen LogP contribution in [0.25, 0.3) is 6.08 Å². The molecule has 0 aromatic heterocycles. The van der Waals surface area contributed by atoms with Crippen molar-refractivity contribution in [1.82, 2.24) is 0 Å². The molecule has 0 aliphatic carbocycles. The normalized spacial score (nSPS) is 11.2. The van der Waals surface area contributed by atoms with Crippen LogP contribution in [0.4, 0.5) is 14.5 Å². The van der Waals surface area contributed by atoms with E-state index in [0.717, 1.165) is 12.3 Å². The van der Waals surface area contributed by atoms with Crippen molar-refractivity contribution in [2.75, 3.05) is 5.32 Å². The summed E-state index contributed by atoms with van der Waals surface area (Å²) in [7, 11) is 0. The number of nitrogens with one attached hydrogen (secondary N) is 2. The molecule has 1 rings (SSSR count). The Balaban J connectivity index is 3.13. The standard InChI is InChI=1S/C12H12F2N2/c1-2-4-9-7-10(13)8-11(14)12(9)16-6-3-5-15/h2-8,15-16H,1H3/b4-2-,6-3-,15-5?. The Morgan fingerprint density at radius 3 is 2.69 bits per heavy atom. The lowest BCUT2D eigenvalue weighted by Crippen LogP contribution is -1.96. The predicted octanol–water partition coefficient (Wildman–Crippen LogP) is 3.57. The zero-order chi connectivity index (χ0) is 12.0. The quantitative estimate of drug-likeness (QED) is 0.750. The molecule has 0 unspecified atom stereocenters. The Morgan fingerprint density at radius 1 is 1.31 bits per heavy atom. The van der Waals surface area contributed by atoms with Gasteiger partial charge in [0.15, 0.2) is 0 Å². The molecule has 0 atom stereocenters. The first kappa shape index (κ1) is 12.1. The molecule has 0 saturated heterocycles. The van der Waals surface area contributed by atoms with E-state index >= 15 is 0 Å². The minimum Gasteiger partial charge on any atom is -0.359 e. The summed E-state index contributed by atoms with van der Waals surface area (Å²) >= 11 is 0. The predicted molar refractivity (Wildman–Crippen MR) is 62.6 cm³/mol. The van der Waals surface area contributed by atoms with Gasteiger partial charge in [0.05, 0.1) is 5.69 Å². The molecule has 0 spiro atoms. The highest BCUT2D eigenvalue weighted by Gasteiger charge is 2.07. The van der Waals surface area contributed by atoms with Crippen molar-refractivity contribution in [2.45, 2.75) is 6.92 Å². The van der Waals surface area contributed by atoms with Gasteiger partial charge in [-0.15, -0.1) is 0 Å². The topological polar surface area (TPSA) is 35.9 Å². The van der Waals surface area contributed by atoms with Crippen molar-refractivity contribution >= 4 is 18.0 Å². The van der Waals surface area contributed by atoms with Gasteiger partial charge in [-0.3, -0.25) is 0 Å². The van der Waals surface area contributed by atoms with Crippen LogP contribution in [-0.2, 0) is 0 Å². The molecular formula is C12H12F2N2. The lowest BCUT2D eigenvalue weighted by Gasteiger charge is -2.07. The molecule has 0 radical (unpaired) electrons.